The zero-order chi connectivity index (χ0) is 20.3. The van der Waals surface area contributed by atoms with Gasteiger partial charge in [0.1, 0.15) is 16.6 Å². The highest BCUT2D eigenvalue weighted by atomic mass is 32.1. The van der Waals surface area contributed by atoms with E-state index in [0.29, 0.717) is 22.0 Å². The fraction of sp³-hybridized carbons (Fsp3) is 0.250. The Labute approximate surface area is 166 Å². The molecule has 0 bridgehead atoms. The minimum Gasteiger partial charge on any atom is -0.326 e. The molecule has 28 heavy (non-hydrogen) atoms. The molecule has 0 aliphatic carbocycles. The van der Waals surface area contributed by atoms with Crippen molar-refractivity contribution in [3.8, 4) is 6.07 Å². The van der Waals surface area contributed by atoms with E-state index in [9.17, 15) is 14.9 Å². The molecule has 1 aromatic carbocycles. The summed E-state index contributed by atoms with van der Waals surface area (Å²) in [7, 11) is 0. The lowest BCUT2D eigenvalue weighted by atomic mass is 10.1. The van der Waals surface area contributed by atoms with Gasteiger partial charge in [0.25, 0.3) is 5.56 Å². The van der Waals surface area contributed by atoms with E-state index in [0.717, 1.165) is 11.3 Å². The summed E-state index contributed by atoms with van der Waals surface area (Å²) in [6, 6.07) is 9.51. The molecule has 0 atom stereocenters. The number of hydrogen-bond donors (Lipinski definition) is 1. The number of aromatic nitrogens is 3. The van der Waals surface area contributed by atoms with E-state index < -0.39 is 5.56 Å². The number of anilines is 1. The number of hydrogen-bond acceptors (Lipinski definition) is 6. The van der Waals surface area contributed by atoms with Crippen LogP contribution in [-0.4, -0.2) is 20.7 Å². The summed E-state index contributed by atoms with van der Waals surface area (Å²) in [4.78, 5) is 29.0. The third-order valence-electron chi connectivity index (χ3n) is 4.31. The zero-order valence-electron chi connectivity index (χ0n) is 15.8. The Kier molecular flexibility index (Phi) is 5.66. The standard InChI is InChI=1S/C20H19N5O2S/c1-12-4-6-15(7-5-12)22-18(26)8-19-23-16(11-28-19)10-25-20(27)17(9-21)13(2)14(3)24-25/h4-7,11H,8,10H2,1-3H3,(H,22,26). The summed E-state index contributed by atoms with van der Waals surface area (Å²) in [5.74, 6) is -0.155. The first kappa shape index (κ1) is 19.5. The summed E-state index contributed by atoms with van der Waals surface area (Å²) in [6.07, 6.45) is 0.150. The third-order valence-corrected chi connectivity index (χ3v) is 5.20. The van der Waals surface area contributed by atoms with Crippen LogP contribution in [0.5, 0.6) is 0 Å². The molecule has 0 unspecified atom stereocenters. The maximum atomic E-state index is 12.4. The SMILES string of the molecule is Cc1ccc(NC(=O)Cc2nc(Cn3nc(C)c(C)c(C#N)c3=O)cs2)cc1. The monoisotopic (exact) mass is 393 g/mol. The van der Waals surface area contributed by atoms with Crippen LogP contribution >= 0.6 is 11.3 Å². The number of nitrogens with one attached hydrogen (secondary N) is 1. The topological polar surface area (TPSA) is 101 Å². The third kappa shape index (κ3) is 4.32. The van der Waals surface area contributed by atoms with Gasteiger partial charge in [-0.25, -0.2) is 9.67 Å². The first-order chi connectivity index (χ1) is 13.4. The summed E-state index contributed by atoms with van der Waals surface area (Å²) in [5.41, 5.74) is 3.38. The summed E-state index contributed by atoms with van der Waals surface area (Å²) in [6.45, 7) is 5.61. The maximum absolute atomic E-state index is 12.4. The number of nitrogens with zero attached hydrogens (tertiary/aromatic N) is 4. The number of carbonyl (C=O) groups excluding carboxylic acids is 1. The van der Waals surface area contributed by atoms with Gasteiger partial charge in [0.05, 0.1) is 24.4 Å². The van der Waals surface area contributed by atoms with Gasteiger partial charge in [-0.3, -0.25) is 9.59 Å². The minimum absolute atomic E-state index is 0.0976. The Bertz CT molecular complexity index is 1120. The molecule has 0 radical (unpaired) electrons. The number of benzene rings is 1. The molecule has 0 spiro atoms. The van der Waals surface area contributed by atoms with Crippen LogP contribution in [0.15, 0.2) is 34.4 Å². The van der Waals surface area contributed by atoms with Crippen LogP contribution in [0.4, 0.5) is 5.69 Å². The normalized spacial score (nSPS) is 10.5. The van der Waals surface area contributed by atoms with E-state index in [-0.39, 0.29) is 24.4 Å². The lowest BCUT2D eigenvalue weighted by Gasteiger charge is -2.07. The van der Waals surface area contributed by atoms with Gasteiger partial charge in [0.2, 0.25) is 5.91 Å². The van der Waals surface area contributed by atoms with Gasteiger partial charge in [-0.2, -0.15) is 10.4 Å². The van der Waals surface area contributed by atoms with Crippen molar-refractivity contribution in [1.29, 1.82) is 5.26 Å². The largest absolute Gasteiger partial charge is 0.326 e. The smallest absolute Gasteiger partial charge is 0.285 e. The molecule has 0 saturated heterocycles. The molecule has 2 heterocycles. The summed E-state index contributed by atoms with van der Waals surface area (Å²) in [5, 5.41) is 18.7. The molecule has 3 aromatic rings. The zero-order valence-corrected chi connectivity index (χ0v) is 16.6. The number of aryl methyl sites for hydroxylation is 2. The van der Waals surface area contributed by atoms with Crippen LogP contribution in [-0.2, 0) is 17.8 Å². The molecule has 7 nitrogen and oxygen atoms in total. The number of thiazole rings is 1. The van der Waals surface area contributed by atoms with Crippen LogP contribution in [0.1, 0.15) is 33.1 Å². The van der Waals surface area contributed by atoms with Crippen molar-refractivity contribution in [2.45, 2.75) is 33.7 Å². The molecule has 2 aromatic heterocycles. The fourth-order valence-electron chi connectivity index (χ4n) is 2.65. The summed E-state index contributed by atoms with van der Waals surface area (Å²) < 4.78 is 1.24. The second-order valence-corrected chi connectivity index (χ2v) is 7.43. The van der Waals surface area contributed by atoms with Crippen molar-refractivity contribution in [3.63, 3.8) is 0 Å². The lowest BCUT2D eigenvalue weighted by molar-refractivity contribution is -0.115. The van der Waals surface area contributed by atoms with Gasteiger partial charge < -0.3 is 5.32 Å². The fourth-order valence-corrected chi connectivity index (χ4v) is 3.43. The molecular weight excluding hydrogens is 374 g/mol. The Balaban J connectivity index is 1.70. The van der Waals surface area contributed by atoms with Crippen molar-refractivity contribution < 1.29 is 4.79 Å². The Morgan fingerprint density at radius 3 is 2.64 bits per heavy atom. The van der Waals surface area contributed by atoms with E-state index in [4.69, 9.17) is 0 Å². The van der Waals surface area contributed by atoms with E-state index in [2.05, 4.69) is 15.4 Å². The van der Waals surface area contributed by atoms with Gasteiger partial charge in [0.15, 0.2) is 0 Å². The minimum atomic E-state index is -0.433. The first-order valence-electron chi connectivity index (χ1n) is 8.65. The van der Waals surface area contributed by atoms with Crippen molar-refractivity contribution in [2.24, 2.45) is 0 Å². The molecule has 8 heteroatoms. The Morgan fingerprint density at radius 1 is 1.25 bits per heavy atom. The lowest BCUT2D eigenvalue weighted by Crippen LogP contribution is -2.28. The molecular formula is C20H19N5O2S. The molecule has 0 aliphatic heterocycles. The number of nitriles is 1. The van der Waals surface area contributed by atoms with Gasteiger partial charge in [-0.15, -0.1) is 11.3 Å². The van der Waals surface area contributed by atoms with Crippen LogP contribution < -0.4 is 10.9 Å². The highest BCUT2D eigenvalue weighted by Gasteiger charge is 2.14. The molecule has 0 aliphatic rings. The predicted octanol–water partition coefficient (Wildman–Crippen LogP) is 2.73. The second kappa shape index (κ2) is 8.15. The van der Waals surface area contributed by atoms with Gasteiger partial charge >= 0.3 is 0 Å². The van der Waals surface area contributed by atoms with Gasteiger partial charge in [-0.1, -0.05) is 17.7 Å². The average molecular weight is 393 g/mol. The van der Waals surface area contributed by atoms with E-state index >= 15 is 0 Å². The molecule has 0 saturated carbocycles. The van der Waals surface area contributed by atoms with Gasteiger partial charge in [-0.05, 0) is 38.5 Å². The Morgan fingerprint density at radius 2 is 1.96 bits per heavy atom. The Hall–Kier alpha value is -3.31. The first-order valence-corrected chi connectivity index (χ1v) is 9.53. The van der Waals surface area contributed by atoms with E-state index in [1.54, 1.807) is 19.2 Å². The quantitative estimate of drug-likeness (QED) is 0.718. The second-order valence-electron chi connectivity index (χ2n) is 6.48. The maximum Gasteiger partial charge on any atom is 0.285 e. The van der Waals surface area contributed by atoms with Crippen molar-refractivity contribution in [1.82, 2.24) is 14.8 Å². The van der Waals surface area contributed by atoms with Crippen molar-refractivity contribution in [2.75, 3.05) is 5.32 Å². The summed E-state index contributed by atoms with van der Waals surface area (Å²) >= 11 is 1.35. The van der Waals surface area contributed by atoms with Crippen molar-refractivity contribution >= 4 is 22.9 Å². The van der Waals surface area contributed by atoms with Crippen LogP contribution in [0.3, 0.4) is 0 Å². The van der Waals surface area contributed by atoms with Crippen LogP contribution in [0.2, 0.25) is 0 Å². The van der Waals surface area contributed by atoms with Crippen molar-refractivity contribution in [3.05, 3.63) is 73.1 Å². The van der Waals surface area contributed by atoms with E-state index in [1.807, 2.05) is 37.3 Å². The average Bonchev–Trinajstić information content (AvgIpc) is 3.09. The number of amides is 1. The molecule has 1 amide bonds. The van der Waals surface area contributed by atoms with Crippen LogP contribution in [0.25, 0.3) is 0 Å². The molecule has 3 rings (SSSR count). The number of rotatable bonds is 5. The van der Waals surface area contributed by atoms with Crippen LogP contribution in [0, 0.1) is 32.1 Å². The highest BCUT2D eigenvalue weighted by molar-refractivity contribution is 7.09. The highest BCUT2D eigenvalue weighted by Crippen LogP contribution is 2.14. The number of carbonyl (C=O) groups is 1. The molecule has 1 N–H and O–H groups in total. The predicted molar refractivity (Wildman–Crippen MR) is 107 cm³/mol. The van der Waals surface area contributed by atoms with E-state index in [1.165, 1.54) is 16.0 Å². The molecule has 0 fully saturated rings. The van der Waals surface area contributed by atoms with Gasteiger partial charge in [0, 0.05) is 11.1 Å². The molecule has 142 valence electrons.